The molecule has 2 aromatic rings. The summed E-state index contributed by atoms with van der Waals surface area (Å²) in [4.78, 5) is 19.0. The Morgan fingerprint density at radius 2 is 1.96 bits per heavy atom. The first kappa shape index (κ1) is 20.7. The lowest BCUT2D eigenvalue weighted by Crippen LogP contribution is -2.44. The summed E-state index contributed by atoms with van der Waals surface area (Å²) in [6.07, 6.45) is 6.36. The number of aromatic nitrogens is 1. The van der Waals surface area contributed by atoms with E-state index in [1.807, 2.05) is 23.1 Å². The summed E-state index contributed by atoms with van der Waals surface area (Å²) in [5.41, 5.74) is 1.64. The third kappa shape index (κ3) is 4.70. The number of methoxy groups -OCH3 is 2. The van der Waals surface area contributed by atoms with Gasteiger partial charge in [0.1, 0.15) is 5.15 Å². The van der Waals surface area contributed by atoms with Gasteiger partial charge in [-0.1, -0.05) is 29.3 Å². The minimum Gasteiger partial charge on any atom is -0.493 e. The summed E-state index contributed by atoms with van der Waals surface area (Å²) in [6.45, 7) is 0.746. The standard InChI is InChI=1S/C21H24Cl2N2O3/c1-27-18-9-7-14(11-19(18)28-2)6-8-16-5-3-4-10-25(16)21(26)15-12-17(22)20(23)24-13-15/h7,9,11-13,16H,3-6,8,10H2,1-2H3. The maximum atomic E-state index is 13.0. The molecule has 2 heterocycles. The molecule has 1 aromatic heterocycles. The van der Waals surface area contributed by atoms with E-state index in [1.165, 1.54) is 6.20 Å². The largest absolute Gasteiger partial charge is 0.493 e. The molecule has 28 heavy (non-hydrogen) atoms. The van der Waals surface area contributed by atoms with E-state index in [1.54, 1.807) is 20.3 Å². The van der Waals surface area contributed by atoms with Crippen molar-refractivity contribution >= 4 is 29.1 Å². The fraction of sp³-hybridized carbons (Fsp3) is 0.429. The number of rotatable bonds is 6. The summed E-state index contributed by atoms with van der Waals surface area (Å²) in [5, 5.41) is 0.508. The van der Waals surface area contributed by atoms with Gasteiger partial charge in [0.15, 0.2) is 11.5 Å². The second-order valence-electron chi connectivity index (χ2n) is 6.87. The molecule has 5 nitrogen and oxygen atoms in total. The molecule has 0 bridgehead atoms. The van der Waals surface area contributed by atoms with Crippen molar-refractivity contribution < 1.29 is 14.3 Å². The molecule has 0 saturated carbocycles. The lowest BCUT2D eigenvalue weighted by Gasteiger charge is -2.36. The lowest BCUT2D eigenvalue weighted by atomic mass is 9.95. The number of hydrogen-bond donors (Lipinski definition) is 0. The molecular formula is C21H24Cl2N2O3. The quantitative estimate of drug-likeness (QED) is 0.612. The van der Waals surface area contributed by atoms with E-state index in [0.717, 1.165) is 50.0 Å². The van der Waals surface area contributed by atoms with Gasteiger partial charge in [-0.3, -0.25) is 4.79 Å². The van der Waals surface area contributed by atoms with Crippen molar-refractivity contribution in [1.29, 1.82) is 0 Å². The third-order valence-corrected chi connectivity index (χ3v) is 5.83. The number of ether oxygens (including phenoxy) is 2. The van der Waals surface area contributed by atoms with Gasteiger partial charge in [0, 0.05) is 18.8 Å². The molecule has 1 saturated heterocycles. The summed E-state index contributed by atoms with van der Waals surface area (Å²) in [7, 11) is 3.26. The molecule has 150 valence electrons. The van der Waals surface area contributed by atoms with Crippen molar-refractivity contribution in [3.8, 4) is 11.5 Å². The van der Waals surface area contributed by atoms with Crippen LogP contribution >= 0.6 is 23.2 Å². The summed E-state index contributed by atoms with van der Waals surface area (Å²) >= 11 is 11.9. The second-order valence-corrected chi connectivity index (χ2v) is 7.64. The number of amides is 1. The molecule has 1 fully saturated rings. The number of hydrogen-bond acceptors (Lipinski definition) is 4. The van der Waals surface area contributed by atoms with E-state index in [-0.39, 0.29) is 17.1 Å². The van der Waals surface area contributed by atoms with Gasteiger partial charge in [0.2, 0.25) is 0 Å². The van der Waals surface area contributed by atoms with Crippen molar-refractivity contribution in [2.24, 2.45) is 0 Å². The summed E-state index contributed by atoms with van der Waals surface area (Å²) < 4.78 is 10.7. The van der Waals surface area contributed by atoms with Gasteiger partial charge in [0.05, 0.1) is 24.8 Å². The normalized spacial score (nSPS) is 16.7. The molecule has 1 atom stereocenters. The molecule has 0 aliphatic carbocycles. The molecule has 1 amide bonds. The molecular weight excluding hydrogens is 399 g/mol. The topological polar surface area (TPSA) is 51.7 Å². The van der Waals surface area contributed by atoms with Crippen molar-refractivity contribution in [3.05, 3.63) is 51.8 Å². The van der Waals surface area contributed by atoms with Gasteiger partial charge in [-0.15, -0.1) is 0 Å². The zero-order valence-electron chi connectivity index (χ0n) is 16.1. The summed E-state index contributed by atoms with van der Waals surface area (Å²) in [5.74, 6) is 1.40. The molecule has 0 radical (unpaired) electrons. The van der Waals surface area contributed by atoms with Crippen molar-refractivity contribution in [2.75, 3.05) is 20.8 Å². The number of nitrogens with zero attached hydrogens (tertiary/aromatic N) is 2. The van der Waals surface area contributed by atoms with Gasteiger partial charge >= 0.3 is 0 Å². The highest BCUT2D eigenvalue weighted by Gasteiger charge is 2.28. The molecule has 1 aliphatic rings. The number of likely N-dealkylation sites (tertiary alicyclic amines) is 1. The zero-order valence-corrected chi connectivity index (χ0v) is 17.6. The van der Waals surface area contributed by atoms with Gasteiger partial charge in [-0.25, -0.2) is 4.98 Å². The van der Waals surface area contributed by atoms with Crippen molar-refractivity contribution in [2.45, 2.75) is 38.1 Å². The first-order valence-corrected chi connectivity index (χ1v) is 10.1. The zero-order chi connectivity index (χ0) is 20.1. The first-order valence-electron chi connectivity index (χ1n) is 9.36. The van der Waals surface area contributed by atoms with Crippen LogP contribution in [-0.4, -0.2) is 42.6 Å². The van der Waals surface area contributed by atoms with Crippen LogP contribution in [0, 0.1) is 0 Å². The monoisotopic (exact) mass is 422 g/mol. The fourth-order valence-corrected chi connectivity index (χ4v) is 3.91. The highest BCUT2D eigenvalue weighted by molar-refractivity contribution is 6.41. The molecule has 1 aliphatic heterocycles. The van der Waals surface area contributed by atoms with Crippen LogP contribution in [0.3, 0.4) is 0 Å². The predicted octanol–water partition coefficient (Wildman–Crippen LogP) is 5.03. The van der Waals surface area contributed by atoms with Crippen LogP contribution in [0.2, 0.25) is 10.2 Å². The van der Waals surface area contributed by atoms with E-state index in [2.05, 4.69) is 4.98 Å². The Bertz CT molecular complexity index is 844. The highest BCUT2D eigenvalue weighted by atomic mass is 35.5. The van der Waals surface area contributed by atoms with E-state index < -0.39 is 0 Å². The number of carbonyl (C=O) groups is 1. The van der Waals surface area contributed by atoms with E-state index in [0.29, 0.717) is 16.3 Å². The number of carbonyl (C=O) groups excluding carboxylic acids is 1. The van der Waals surface area contributed by atoms with Crippen LogP contribution in [0.5, 0.6) is 11.5 Å². The average Bonchev–Trinajstić information content (AvgIpc) is 2.73. The number of aryl methyl sites for hydroxylation is 1. The Hall–Kier alpha value is -1.98. The van der Waals surface area contributed by atoms with Gasteiger partial charge < -0.3 is 14.4 Å². The number of pyridine rings is 1. The smallest absolute Gasteiger partial charge is 0.255 e. The van der Waals surface area contributed by atoms with Crippen LogP contribution in [0.4, 0.5) is 0 Å². The van der Waals surface area contributed by atoms with Crippen LogP contribution in [0.15, 0.2) is 30.5 Å². The molecule has 1 unspecified atom stereocenters. The molecule has 1 aromatic carbocycles. The Morgan fingerprint density at radius 1 is 1.18 bits per heavy atom. The number of piperidine rings is 1. The Kier molecular flexibility index (Phi) is 7.03. The average molecular weight is 423 g/mol. The van der Waals surface area contributed by atoms with Crippen molar-refractivity contribution in [3.63, 3.8) is 0 Å². The first-order chi connectivity index (χ1) is 13.5. The van der Waals surface area contributed by atoms with Crippen molar-refractivity contribution in [1.82, 2.24) is 9.88 Å². The number of halogens is 2. The second kappa shape index (κ2) is 9.48. The highest BCUT2D eigenvalue weighted by Crippen LogP contribution is 2.30. The minimum atomic E-state index is -0.0388. The molecule has 3 rings (SSSR count). The van der Waals surface area contributed by atoms with Crippen LogP contribution in [-0.2, 0) is 6.42 Å². The summed E-state index contributed by atoms with van der Waals surface area (Å²) in [6, 6.07) is 7.73. The molecule has 0 N–H and O–H groups in total. The maximum absolute atomic E-state index is 13.0. The minimum absolute atomic E-state index is 0.0388. The van der Waals surface area contributed by atoms with Gasteiger partial charge in [-0.2, -0.15) is 0 Å². The predicted molar refractivity (Wildman–Crippen MR) is 111 cm³/mol. The Balaban J connectivity index is 1.71. The van der Waals surface area contributed by atoms with E-state index >= 15 is 0 Å². The van der Waals surface area contributed by atoms with Gasteiger partial charge in [0.25, 0.3) is 5.91 Å². The van der Waals surface area contributed by atoms with Crippen LogP contribution in [0.1, 0.15) is 41.6 Å². The van der Waals surface area contributed by atoms with E-state index in [9.17, 15) is 4.79 Å². The van der Waals surface area contributed by atoms with E-state index in [4.69, 9.17) is 32.7 Å². The van der Waals surface area contributed by atoms with Crippen LogP contribution in [0.25, 0.3) is 0 Å². The van der Waals surface area contributed by atoms with Crippen LogP contribution < -0.4 is 9.47 Å². The third-order valence-electron chi connectivity index (χ3n) is 5.15. The fourth-order valence-electron chi connectivity index (χ4n) is 3.64. The lowest BCUT2D eigenvalue weighted by molar-refractivity contribution is 0.0601. The Labute approximate surface area is 175 Å². The molecule has 7 heteroatoms. The molecule has 0 spiro atoms. The maximum Gasteiger partial charge on any atom is 0.255 e. The Morgan fingerprint density at radius 3 is 2.68 bits per heavy atom. The number of benzene rings is 1. The van der Waals surface area contributed by atoms with Gasteiger partial charge in [-0.05, 0) is 55.9 Å². The SMILES string of the molecule is COc1ccc(CCC2CCCCN2C(=O)c2cnc(Cl)c(Cl)c2)cc1OC.